The monoisotopic (exact) mass is 556 g/mol. The first kappa shape index (κ1) is 24.0. The van der Waals surface area contributed by atoms with Crippen LogP contribution in [0.25, 0.3) is 87.6 Å². The lowest BCUT2D eigenvalue weighted by atomic mass is 9.82. The Balaban J connectivity index is 1.35. The van der Waals surface area contributed by atoms with Gasteiger partial charge in [0.15, 0.2) is 0 Å². The molecule has 0 aliphatic heterocycles. The van der Waals surface area contributed by atoms with Crippen LogP contribution < -0.4 is 10.4 Å². The topological polar surface area (TPSA) is 0 Å². The minimum atomic E-state index is 0.276. The molecule has 0 aromatic heterocycles. The molecular formula is C44H28. The molecular weight excluding hydrogens is 528 g/mol. The molecule has 0 N–H and O–H groups in total. The van der Waals surface area contributed by atoms with Gasteiger partial charge in [-0.3, -0.25) is 0 Å². The zero-order valence-electron chi connectivity index (χ0n) is 24.2. The van der Waals surface area contributed by atoms with E-state index < -0.39 is 0 Å². The molecule has 0 amide bonds. The molecule has 9 aromatic carbocycles. The van der Waals surface area contributed by atoms with E-state index in [1.165, 1.54) is 91.4 Å². The van der Waals surface area contributed by atoms with Crippen molar-refractivity contribution < 1.29 is 0 Å². The molecule has 0 heterocycles. The predicted octanol–water partition coefficient (Wildman–Crippen LogP) is 10.5. The van der Waals surface area contributed by atoms with E-state index in [0.29, 0.717) is 0 Å². The molecule has 0 bridgehead atoms. The molecule has 1 aliphatic carbocycles. The Bertz CT molecular complexity index is 2800. The highest BCUT2D eigenvalue weighted by atomic mass is 14.2. The fourth-order valence-corrected chi connectivity index (χ4v) is 8.24. The highest BCUT2D eigenvalue weighted by Gasteiger charge is 2.20. The van der Waals surface area contributed by atoms with Crippen LogP contribution >= 0.6 is 0 Å². The predicted molar refractivity (Wildman–Crippen MR) is 191 cm³/mol. The van der Waals surface area contributed by atoms with Gasteiger partial charge in [0.1, 0.15) is 0 Å². The van der Waals surface area contributed by atoms with Crippen LogP contribution in [0.2, 0.25) is 0 Å². The van der Waals surface area contributed by atoms with E-state index in [0.717, 1.165) is 6.42 Å². The van der Waals surface area contributed by atoms with Crippen molar-refractivity contribution in [1.29, 1.82) is 0 Å². The van der Waals surface area contributed by atoms with Gasteiger partial charge in [0.2, 0.25) is 0 Å². The Morgan fingerprint density at radius 1 is 0.364 bits per heavy atom. The first-order valence-corrected chi connectivity index (χ1v) is 15.6. The fraction of sp³-hybridized carbons (Fsp3) is 0.0455. The first-order chi connectivity index (χ1) is 21.8. The zero-order chi connectivity index (χ0) is 28.8. The average Bonchev–Trinajstić information content (AvgIpc) is 3.10. The van der Waals surface area contributed by atoms with Crippen molar-refractivity contribution in [3.8, 4) is 0 Å². The van der Waals surface area contributed by atoms with Gasteiger partial charge in [0, 0.05) is 5.92 Å². The fourth-order valence-electron chi connectivity index (χ4n) is 8.24. The Morgan fingerprint density at radius 2 is 0.864 bits per heavy atom. The third-order valence-corrected chi connectivity index (χ3v) is 10.1. The summed E-state index contributed by atoms with van der Waals surface area (Å²) in [5, 5.41) is 21.5. The molecule has 1 aliphatic rings. The lowest BCUT2D eigenvalue weighted by Gasteiger charge is -2.22. The second kappa shape index (κ2) is 9.02. The summed E-state index contributed by atoms with van der Waals surface area (Å²) in [6.07, 6.45) is 6.08. The van der Waals surface area contributed by atoms with Crippen LogP contribution in [0, 0.1) is 0 Å². The van der Waals surface area contributed by atoms with E-state index in [9.17, 15) is 0 Å². The van der Waals surface area contributed by atoms with Gasteiger partial charge in [-0.05, 0) is 104 Å². The Hall–Kier alpha value is -5.46. The lowest BCUT2D eigenvalue weighted by molar-refractivity contribution is 0.936. The molecule has 0 nitrogen and oxygen atoms in total. The summed E-state index contributed by atoms with van der Waals surface area (Å²) in [6, 6.07) is 51.9. The van der Waals surface area contributed by atoms with Crippen LogP contribution in [0.1, 0.15) is 17.9 Å². The van der Waals surface area contributed by atoms with Crippen molar-refractivity contribution in [2.24, 2.45) is 0 Å². The van der Waals surface area contributed by atoms with E-state index in [2.05, 4.69) is 152 Å². The van der Waals surface area contributed by atoms with Crippen molar-refractivity contribution in [2.75, 3.05) is 0 Å². The third kappa shape index (κ3) is 3.23. The maximum Gasteiger partial charge on any atom is 0.00686 e. The Morgan fingerprint density at radius 3 is 1.59 bits per heavy atom. The zero-order valence-corrected chi connectivity index (χ0v) is 24.2. The molecule has 0 saturated heterocycles. The maximum atomic E-state index is 2.58. The van der Waals surface area contributed by atoms with E-state index in [1.54, 1.807) is 0 Å². The molecule has 0 radical (unpaired) electrons. The molecule has 0 heteroatoms. The van der Waals surface area contributed by atoms with Crippen molar-refractivity contribution in [3.63, 3.8) is 0 Å². The minimum absolute atomic E-state index is 0.276. The Labute approximate surface area is 254 Å². The summed E-state index contributed by atoms with van der Waals surface area (Å²) in [4.78, 5) is 0. The first-order valence-electron chi connectivity index (χ1n) is 15.6. The van der Waals surface area contributed by atoms with Crippen LogP contribution in [0.3, 0.4) is 0 Å². The number of hydrogen-bond acceptors (Lipinski definition) is 0. The van der Waals surface area contributed by atoms with E-state index in [1.807, 2.05) is 0 Å². The molecule has 0 spiro atoms. The van der Waals surface area contributed by atoms with Gasteiger partial charge in [-0.15, -0.1) is 0 Å². The van der Waals surface area contributed by atoms with E-state index >= 15 is 0 Å². The number of rotatable bonds is 1. The number of fused-ring (bicyclic) bond motifs is 16. The molecule has 44 heavy (non-hydrogen) atoms. The second-order valence-electron chi connectivity index (χ2n) is 12.3. The summed E-state index contributed by atoms with van der Waals surface area (Å²) in [5.74, 6) is 0.276. The summed E-state index contributed by atoms with van der Waals surface area (Å²) >= 11 is 0. The van der Waals surface area contributed by atoms with E-state index in [-0.39, 0.29) is 5.92 Å². The van der Waals surface area contributed by atoms with Gasteiger partial charge in [-0.25, -0.2) is 0 Å². The summed E-state index contributed by atoms with van der Waals surface area (Å²) in [6.45, 7) is 0. The lowest BCUT2D eigenvalue weighted by Crippen LogP contribution is -2.30. The number of hydrogen-bond donors (Lipinski definition) is 0. The van der Waals surface area contributed by atoms with Gasteiger partial charge >= 0.3 is 0 Å². The quantitative estimate of drug-likeness (QED) is 0.176. The average molecular weight is 557 g/mol. The van der Waals surface area contributed by atoms with E-state index in [4.69, 9.17) is 0 Å². The summed E-state index contributed by atoms with van der Waals surface area (Å²) in [7, 11) is 0. The molecule has 0 fully saturated rings. The SMILES string of the molecule is C1=c2c(c3c4ccccc4ccc3c3ccccc23)=CCC1c1cc2c3ccccc3c3ccccc3c2c2ccccc12. The van der Waals surface area contributed by atoms with Crippen LogP contribution in [0.4, 0.5) is 0 Å². The van der Waals surface area contributed by atoms with Crippen molar-refractivity contribution in [2.45, 2.75) is 12.3 Å². The molecule has 0 saturated carbocycles. The molecule has 9 aromatic rings. The maximum absolute atomic E-state index is 2.58. The Kier molecular flexibility index (Phi) is 4.93. The van der Waals surface area contributed by atoms with Gasteiger partial charge in [0.25, 0.3) is 0 Å². The largest absolute Gasteiger partial charge is 0.0751 e. The highest BCUT2D eigenvalue weighted by molar-refractivity contribution is 6.32. The van der Waals surface area contributed by atoms with Crippen molar-refractivity contribution in [3.05, 3.63) is 156 Å². The molecule has 204 valence electrons. The number of benzene rings is 9. The second-order valence-corrected chi connectivity index (χ2v) is 12.3. The smallest absolute Gasteiger partial charge is 0.00686 e. The molecule has 1 atom stereocenters. The van der Waals surface area contributed by atoms with Gasteiger partial charge in [-0.2, -0.15) is 0 Å². The summed E-state index contributed by atoms with van der Waals surface area (Å²) in [5.41, 5.74) is 1.41. The van der Waals surface area contributed by atoms with Gasteiger partial charge in [0.05, 0.1) is 0 Å². The van der Waals surface area contributed by atoms with Crippen molar-refractivity contribution in [1.82, 2.24) is 0 Å². The standard InChI is InChI=1S/C44H28/c1-2-12-29-27(11-1)21-23-38-32-15-4-5-16-33(32)41-25-28(22-24-39(41)43(29)38)40-26-42-34-17-6-3-13-30(34)31-14-7-9-19-36(31)44(42)37-20-10-8-18-35(37)40/h1-21,23-26,28H,22H2. The highest BCUT2D eigenvalue weighted by Crippen LogP contribution is 2.43. The third-order valence-electron chi connectivity index (χ3n) is 10.1. The van der Waals surface area contributed by atoms with Gasteiger partial charge < -0.3 is 0 Å². The van der Waals surface area contributed by atoms with Crippen LogP contribution in [-0.2, 0) is 0 Å². The van der Waals surface area contributed by atoms with Crippen LogP contribution in [-0.4, -0.2) is 0 Å². The minimum Gasteiger partial charge on any atom is -0.0751 e. The van der Waals surface area contributed by atoms with Gasteiger partial charge in [-0.1, -0.05) is 146 Å². The molecule has 1 unspecified atom stereocenters. The molecule has 10 rings (SSSR count). The van der Waals surface area contributed by atoms with Crippen LogP contribution in [0.15, 0.2) is 140 Å². The summed E-state index contributed by atoms with van der Waals surface area (Å²) < 4.78 is 0. The van der Waals surface area contributed by atoms with Crippen molar-refractivity contribution >= 4 is 87.6 Å². The van der Waals surface area contributed by atoms with Crippen LogP contribution in [0.5, 0.6) is 0 Å². The normalized spacial score (nSPS) is 14.9.